The van der Waals surface area contributed by atoms with Crippen LogP contribution in [0.4, 0.5) is 0 Å². The van der Waals surface area contributed by atoms with Crippen molar-refractivity contribution in [1.29, 1.82) is 0 Å². The zero-order valence-corrected chi connectivity index (χ0v) is 12.1. The van der Waals surface area contributed by atoms with E-state index in [0.29, 0.717) is 11.9 Å². The van der Waals surface area contributed by atoms with Crippen LogP contribution in [0.25, 0.3) is 0 Å². The van der Waals surface area contributed by atoms with Crippen molar-refractivity contribution in [2.45, 2.75) is 31.7 Å². The maximum absolute atomic E-state index is 11.9. The van der Waals surface area contributed by atoms with Crippen LogP contribution in [0, 0.1) is 0 Å². The van der Waals surface area contributed by atoms with E-state index in [-0.39, 0.29) is 0 Å². The summed E-state index contributed by atoms with van der Waals surface area (Å²) in [4.78, 5) is 15.4. The molecular weight excluding hydrogens is 256 g/mol. The Labute approximate surface area is 119 Å². The van der Waals surface area contributed by atoms with E-state index in [2.05, 4.69) is 34.3 Å². The molecule has 1 aromatic heterocycles. The Kier molecular flexibility index (Phi) is 5.61. The zero-order valence-electron chi connectivity index (χ0n) is 11.3. The highest BCUT2D eigenvalue weighted by Crippen LogP contribution is 2.22. The lowest BCUT2D eigenvalue weighted by Gasteiger charge is -2.24. The number of nitrogens with one attached hydrogen (secondary N) is 1. The molecule has 1 amide bonds. The fraction of sp³-hybridized carbons (Fsp3) is 0.533. The van der Waals surface area contributed by atoms with Crippen LogP contribution in [0.15, 0.2) is 30.2 Å². The van der Waals surface area contributed by atoms with Gasteiger partial charge in [-0.05, 0) is 37.3 Å². The summed E-state index contributed by atoms with van der Waals surface area (Å²) in [6.45, 7) is 6.36. The molecule has 0 saturated carbocycles. The van der Waals surface area contributed by atoms with E-state index >= 15 is 0 Å². The van der Waals surface area contributed by atoms with Crippen LogP contribution in [-0.4, -0.2) is 36.5 Å². The molecule has 1 atom stereocenters. The van der Waals surface area contributed by atoms with Crippen molar-refractivity contribution in [2.24, 2.45) is 0 Å². The fourth-order valence-corrected chi connectivity index (χ4v) is 3.26. The lowest BCUT2D eigenvalue weighted by molar-refractivity contribution is -0.128. The van der Waals surface area contributed by atoms with Crippen molar-refractivity contribution < 1.29 is 4.79 Å². The summed E-state index contributed by atoms with van der Waals surface area (Å²) in [5.74, 6) is 0.324. The molecule has 3 nitrogen and oxygen atoms in total. The maximum Gasteiger partial charge on any atom is 0.222 e. The molecule has 1 fully saturated rings. The van der Waals surface area contributed by atoms with Gasteiger partial charge in [-0.2, -0.15) is 0 Å². The molecular formula is C15H22N2OS. The first-order valence-corrected chi connectivity index (χ1v) is 7.82. The Morgan fingerprint density at radius 2 is 2.47 bits per heavy atom. The highest BCUT2D eigenvalue weighted by Gasteiger charge is 2.29. The summed E-state index contributed by atoms with van der Waals surface area (Å²) in [6, 6.07) is 4.64. The van der Waals surface area contributed by atoms with E-state index in [0.717, 1.165) is 45.3 Å². The molecule has 1 aromatic rings. The minimum atomic E-state index is 0.324. The van der Waals surface area contributed by atoms with Crippen LogP contribution >= 0.6 is 11.3 Å². The topological polar surface area (TPSA) is 32.3 Å². The van der Waals surface area contributed by atoms with Crippen molar-refractivity contribution in [3.8, 4) is 0 Å². The summed E-state index contributed by atoms with van der Waals surface area (Å²) >= 11 is 1.77. The molecule has 0 spiro atoms. The summed E-state index contributed by atoms with van der Waals surface area (Å²) < 4.78 is 0. The minimum Gasteiger partial charge on any atom is -0.339 e. The van der Waals surface area contributed by atoms with Gasteiger partial charge in [0, 0.05) is 30.4 Å². The number of carbonyl (C=O) groups is 1. The second-order valence-corrected chi connectivity index (χ2v) is 5.92. The van der Waals surface area contributed by atoms with Gasteiger partial charge >= 0.3 is 0 Å². The number of amides is 1. The van der Waals surface area contributed by atoms with Crippen molar-refractivity contribution in [3.05, 3.63) is 35.0 Å². The number of thiophene rings is 1. The monoisotopic (exact) mass is 278 g/mol. The summed E-state index contributed by atoms with van der Waals surface area (Å²) in [5.41, 5.74) is 0. The molecule has 1 saturated heterocycles. The highest BCUT2D eigenvalue weighted by atomic mass is 32.1. The molecule has 1 aliphatic rings. The van der Waals surface area contributed by atoms with E-state index in [1.165, 1.54) is 4.88 Å². The first-order chi connectivity index (χ1) is 9.31. The van der Waals surface area contributed by atoms with Gasteiger partial charge in [0.05, 0.1) is 0 Å². The van der Waals surface area contributed by atoms with Gasteiger partial charge in [0.2, 0.25) is 5.91 Å². The quantitative estimate of drug-likeness (QED) is 0.585. The Hall–Kier alpha value is -1.13. The van der Waals surface area contributed by atoms with Crippen LogP contribution in [0.5, 0.6) is 0 Å². The molecule has 0 unspecified atom stereocenters. The smallest absolute Gasteiger partial charge is 0.222 e. The number of hydrogen-bond donors (Lipinski definition) is 1. The maximum atomic E-state index is 11.9. The van der Waals surface area contributed by atoms with Crippen molar-refractivity contribution in [3.63, 3.8) is 0 Å². The molecule has 0 bridgehead atoms. The molecule has 104 valence electrons. The van der Waals surface area contributed by atoms with Crippen LogP contribution in [-0.2, 0) is 11.2 Å². The number of likely N-dealkylation sites (tertiary alicyclic amines) is 1. The molecule has 1 N–H and O–H groups in total. The first-order valence-electron chi connectivity index (χ1n) is 6.94. The van der Waals surface area contributed by atoms with Gasteiger partial charge in [0.25, 0.3) is 0 Å². The predicted octanol–water partition coefficient (Wildman–Crippen LogP) is 2.45. The van der Waals surface area contributed by atoms with Gasteiger partial charge in [-0.25, -0.2) is 0 Å². The van der Waals surface area contributed by atoms with E-state index in [4.69, 9.17) is 0 Å². The Morgan fingerprint density at radius 1 is 1.58 bits per heavy atom. The number of hydrogen-bond acceptors (Lipinski definition) is 3. The van der Waals surface area contributed by atoms with Gasteiger partial charge in [0.1, 0.15) is 0 Å². The van der Waals surface area contributed by atoms with Crippen molar-refractivity contribution in [2.75, 3.05) is 19.6 Å². The summed E-state index contributed by atoms with van der Waals surface area (Å²) in [6.07, 6.45) is 5.63. The number of carbonyl (C=O) groups excluding carboxylic acids is 1. The van der Waals surface area contributed by atoms with Crippen LogP contribution in [0.3, 0.4) is 0 Å². The Bertz CT molecular complexity index is 402. The molecule has 1 aliphatic heterocycles. The van der Waals surface area contributed by atoms with Crippen LogP contribution in [0.1, 0.15) is 24.1 Å². The predicted molar refractivity (Wildman–Crippen MR) is 80.4 cm³/mol. The molecule has 2 rings (SSSR count). The zero-order chi connectivity index (χ0) is 13.5. The van der Waals surface area contributed by atoms with Crippen molar-refractivity contribution >= 4 is 17.2 Å². The second-order valence-electron chi connectivity index (χ2n) is 4.89. The Morgan fingerprint density at radius 3 is 3.21 bits per heavy atom. The highest BCUT2D eigenvalue weighted by molar-refractivity contribution is 7.09. The molecule has 0 aliphatic carbocycles. The normalized spacial score (nSPS) is 19.1. The fourth-order valence-electron chi connectivity index (χ4n) is 2.56. The van der Waals surface area contributed by atoms with E-state index in [1.54, 1.807) is 11.3 Å². The molecule has 19 heavy (non-hydrogen) atoms. The van der Waals surface area contributed by atoms with Gasteiger partial charge in [-0.15, -0.1) is 17.9 Å². The van der Waals surface area contributed by atoms with E-state index < -0.39 is 0 Å². The Balaban J connectivity index is 1.78. The standard InChI is InChI=1S/C15H22N2OS/c1-2-9-16-10-7-13-5-6-15(18)17(13)11-8-14-4-3-12-19-14/h2-4,12-13,16H,1,5-11H2/t13-/m0/s1. The summed E-state index contributed by atoms with van der Waals surface area (Å²) in [7, 11) is 0. The number of rotatable bonds is 8. The average Bonchev–Trinajstić information content (AvgIpc) is 3.03. The van der Waals surface area contributed by atoms with Gasteiger partial charge in [-0.1, -0.05) is 12.1 Å². The molecule has 4 heteroatoms. The molecule has 0 radical (unpaired) electrons. The average molecular weight is 278 g/mol. The number of nitrogens with zero attached hydrogens (tertiary/aromatic N) is 1. The largest absolute Gasteiger partial charge is 0.339 e. The van der Waals surface area contributed by atoms with Gasteiger partial charge in [-0.3, -0.25) is 4.79 Å². The lowest BCUT2D eigenvalue weighted by atomic mass is 10.1. The van der Waals surface area contributed by atoms with Crippen LogP contribution < -0.4 is 5.32 Å². The van der Waals surface area contributed by atoms with Gasteiger partial charge in [0.15, 0.2) is 0 Å². The third-order valence-electron chi connectivity index (χ3n) is 3.57. The SMILES string of the molecule is C=CCNCC[C@@H]1CCC(=O)N1CCc1cccs1. The second kappa shape index (κ2) is 7.46. The molecule has 2 heterocycles. The third kappa shape index (κ3) is 4.18. The van der Waals surface area contributed by atoms with Gasteiger partial charge < -0.3 is 10.2 Å². The minimum absolute atomic E-state index is 0.324. The molecule has 0 aromatic carbocycles. The van der Waals surface area contributed by atoms with Crippen molar-refractivity contribution in [1.82, 2.24) is 10.2 Å². The third-order valence-corrected chi connectivity index (χ3v) is 4.51. The first kappa shape index (κ1) is 14.3. The summed E-state index contributed by atoms with van der Waals surface area (Å²) in [5, 5.41) is 5.41. The van der Waals surface area contributed by atoms with E-state index in [9.17, 15) is 4.79 Å². The van der Waals surface area contributed by atoms with E-state index in [1.807, 2.05) is 6.08 Å². The lowest BCUT2D eigenvalue weighted by Crippen LogP contribution is -2.36. The van der Waals surface area contributed by atoms with Crippen LogP contribution in [0.2, 0.25) is 0 Å².